The molecule has 0 unspecified atom stereocenters. The minimum atomic E-state index is -0.104. The summed E-state index contributed by atoms with van der Waals surface area (Å²) in [6, 6.07) is 1.13. The zero-order valence-electron chi connectivity index (χ0n) is 11.9. The van der Waals surface area contributed by atoms with Crippen molar-refractivity contribution in [1.29, 1.82) is 0 Å². The van der Waals surface area contributed by atoms with Crippen LogP contribution in [0.5, 0.6) is 0 Å². The number of nitrogens with zero attached hydrogens (tertiary/aromatic N) is 3. The van der Waals surface area contributed by atoms with E-state index in [1.54, 1.807) is 12.4 Å². The molecule has 1 aliphatic rings. The Labute approximate surface area is 115 Å². The second-order valence-electron chi connectivity index (χ2n) is 5.47. The summed E-state index contributed by atoms with van der Waals surface area (Å²) in [5.41, 5.74) is 0. The minimum absolute atomic E-state index is 0.104. The predicted molar refractivity (Wildman–Crippen MR) is 75.1 cm³/mol. The van der Waals surface area contributed by atoms with Crippen LogP contribution in [0.2, 0.25) is 0 Å². The Morgan fingerprint density at radius 3 is 2.79 bits per heavy atom. The number of hydrogen-bond acceptors (Lipinski definition) is 3. The van der Waals surface area contributed by atoms with Crippen LogP contribution in [0.15, 0.2) is 18.7 Å². The van der Waals surface area contributed by atoms with Crippen LogP contribution in [0.4, 0.5) is 4.79 Å². The van der Waals surface area contributed by atoms with Crippen LogP contribution in [0.3, 0.4) is 0 Å². The van der Waals surface area contributed by atoms with E-state index in [1.807, 2.05) is 0 Å². The van der Waals surface area contributed by atoms with E-state index >= 15 is 0 Å². The van der Waals surface area contributed by atoms with Gasteiger partial charge in [0.1, 0.15) is 6.33 Å². The molecule has 1 heterocycles. The van der Waals surface area contributed by atoms with Gasteiger partial charge in [0.15, 0.2) is 0 Å². The molecule has 1 N–H and O–H groups in total. The molecule has 106 valence electrons. The molecule has 1 saturated carbocycles. The zero-order valence-corrected chi connectivity index (χ0v) is 11.9. The summed E-state index contributed by atoms with van der Waals surface area (Å²) >= 11 is 0. The van der Waals surface area contributed by atoms with E-state index in [0.29, 0.717) is 18.6 Å². The molecule has 1 fully saturated rings. The zero-order chi connectivity index (χ0) is 13.7. The second-order valence-corrected chi connectivity index (χ2v) is 5.47. The van der Waals surface area contributed by atoms with Crippen molar-refractivity contribution in [2.45, 2.75) is 51.6 Å². The lowest BCUT2D eigenvalue weighted by atomic mass is 10.1. The molecule has 1 amide bonds. The number of aromatic nitrogens is 2. The highest BCUT2D eigenvalue weighted by molar-refractivity contribution is 5.76. The molecule has 0 aromatic carbocycles. The van der Waals surface area contributed by atoms with E-state index < -0.39 is 0 Å². The number of carbonyl (C=O) groups excluding carboxylic acids is 1. The Bertz CT molecular complexity index is 382. The quantitative estimate of drug-likeness (QED) is 0.886. The van der Waals surface area contributed by atoms with Crippen molar-refractivity contribution in [3.63, 3.8) is 0 Å². The fraction of sp³-hybridized carbons (Fsp3) is 0.714. The molecule has 0 aliphatic heterocycles. The molecule has 0 bridgehead atoms. The van der Waals surface area contributed by atoms with Gasteiger partial charge in [0.05, 0.1) is 0 Å². The van der Waals surface area contributed by atoms with E-state index in [4.69, 9.17) is 0 Å². The SMILES string of the molecule is CC(C)N(CCNC(=O)n1ccnc1)C1CCCC1. The standard InChI is InChI=1S/C14H24N4O/c1-12(2)18(13-5-3-4-6-13)10-8-16-14(19)17-9-7-15-11-17/h7,9,11-13H,3-6,8,10H2,1-2H3,(H,16,19). The summed E-state index contributed by atoms with van der Waals surface area (Å²) in [4.78, 5) is 18.2. The van der Waals surface area contributed by atoms with E-state index in [9.17, 15) is 4.79 Å². The van der Waals surface area contributed by atoms with Crippen LogP contribution >= 0.6 is 0 Å². The van der Waals surface area contributed by atoms with Gasteiger partial charge in [-0.3, -0.25) is 9.47 Å². The Balaban J connectivity index is 1.77. The monoisotopic (exact) mass is 264 g/mol. The van der Waals surface area contributed by atoms with Crippen molar-refractivity contribution in [3.8, 4) is 0 Å². The Morgan fingerprint density at radius 2 is 2.21 bits per heavy atom. The van der Waals surface area contributed by atoms with Crippen molar-refractivity contribution in [1.82, 2.24) is 19.8 Å². The molecule has 0 saturated heterocycles. The third-order valence-electron chi connectivity index (χ3n) is 3.84. The second kappa shape index (κ2) is 6.70. The lowest BCUT2D eigenvalue weighted by molar-refractivity contribution is 0.156. The van der Waals surface area contributed by atoms with E-state index in [1.165, 1.54) is 36.6 Å². The number of imidazole rings is 1. The van der Waals surface area contributed by atoms with Crippen LogP contribution < -0.4 is 5.32 Å². The van der Waals surface area contributed by atoms with E-state index in [2.05, 4.69) is 29.0 Å². The Hall–Kier alpha value is -1.36. The molecular formula is C14H24N4O. The van der Waals surface area contributed by atoms with Gasteiger partial charge < -0.3 is 5.32 Å². The van der Waals surface area contributed by atoms with Crippen LogP contribution in [-0.2, 0) is 0 Å². The van der Waals surface area contributed by atoms with Crippen LogP contribution in [0, 0.1) is 0 Å². The Kier molecular flexibility index (Phi) is 4.96. The van der Waals surface area contributed by atoms with Gasteiger partial charge in [0, 0.05) is 37.6 Å². The first kappa shape index (κ1) is 14.1. The first-order valence-electron chi connectivity index (χ1n) is 7.20. The third-order valence-corrected chi connectivity index (χ3v) is 3.84. The molecule has 1 aromatic rings. The maximum absolute atomic E-state index is 11.8. The molecule has 2 rings (SSSR count). The van der Waals surface area contributed by atoms with Gasteiger partial charge in [-0.15, -0.1) is 0 Å². The van der Waals surface area contributed by atoms with Gasteiger partial charge >= 0.3 is 6.03 Å². The van der Waals surface area contributed by atoms with Gasteiger partial charge in [-0.25, -0.2) is 9.78 Å². The first-order chi connectivity index (χ1) is 9.18. The molecule has 0 atom stereocenters. The van der Waals surface area contributed by atoms with Gasteiger partial charge in [0.25, 0.3) is 0 Å². The highest BCUT2D eigenvalue weighted by Gasteiger charge is 2.24. The van der Waals surface area contributed by atoms with Crippen LogP contribution in [0.25, 0.3) is 0 Å². The van der Waals surface area contributed by atoms with Crippen molar-refractivity contribution in [3.05, 3.63) is 18.7 Å². The van der Waals surface area contributed by atoms with Gasteiger partial charge in [-0.2, -0.15) is 0 Å². The van der Waals surface area contributed by atoms with Crippen LogP contribution in [-0.4, -0.2) is 45.7 Å². The maximum atomic E-state index is 11.8. The maximum Gasteiger partial charge on any atom is 0.326 e. The number of carbonyl (C=O) groups is 1. The minimum Gasteiger partial charge on any atom is -0.336 e. The summed E-state index contributed by atoms with van der Waals surface area (Å²) < 4.78 is 1.47. The largest absolute Gasteiger partial charge is 0.336 e. The molecule has 1 aromatic heterocycles. The van der Waals surface area contributed by atoms with E-state index in [-0.39, 0.29) is 6.03 Å². The number of hydrogen-bond donors (Lipinski definition) is 1. The summed E-state index contributed by atoms with van der Waals surface area (Å²) in [5.74, 6) is 0. The summed E-state index contributed by atoms with van der Waals surface area (Å²) in [5, 5.41) is 2.94. The highest BCUT2D eigenvalue weighted by Crippen LogP contribution is 2.24. The highest BCUT2D eigenvalue weighted by atomic mass is 16.2. The summed E-state index contributed by atoms with van der Waals surface area (Å²) in [6.45, 7) is 6.07. The molecule has 0 spiro atoms. The fourth-order valence-electron chi connectivity index (χ4n) is 2.86. The third kappa shape index (κ3) is 3.80. The van der Waals surface area contributed by atoms with Crippen molar-refractivity contribution in [2.75, 3.05) is 13.1 Å². The summed E-state index contributed by atoms with van der Waals surface area (Å²) in [6.07, 6.45) is 10.1. The first-order valence-corrected chi connectivity index (χ1v) is 7.20. The van der Waals surface area contributed by atoms with Gasteiger partial charge in [-0.1, -0.05) is 12.8 Å². The lowest BCUT2D eigenvalue weighted by Crippen LogP contribution is -2.44. The predicted octanol–water partition coefficient (Wildman–Crippen LogP) is 2.09. The smallest absolute Gasteiger partial charge is 0.326 e. The molecule has 5 nitrogen and oxygen atoms in total. The average molecular weight is 264 g/mol. The summed E-state index contributed by atoms with van der Waals surface area (Å²) in [7, 11) is 0. The van der Waals surface area contributed by atoms with Crippen molar-refractivity contribution in [2.24, 2.45) is 0 Å². The number of nitrogens with one attached hydrogen (secondary N) is 1. The normalized spacial score (nSPS) is 16.4. The molecule has 5 heteroatoms. The van der Waals surface area contributed by atoms with Gasteiger partial charge in [0.2, 0.25) is 0 Å². The van der Waals surface area contributed by atoms with Crippen LogP contribution in [0.1, 0.15) is 39.5 Å². The Morgan fingerprint density at radius 1 is 1.47 bits per heavy atom. The molecule has 0 radical (unpaired) electrons. The van der Waals surface area contributed by atoms with Crippen molar-refractivity contribution >= 4 is 6.03 Å². The van der Waals surface area contributed by atoms with E-state index in [0.717, 1.165) is 6.54 Å². The molecular weight excluding hydrogens is 240 g/mol. The number of amides is 1. The number of rotatable bonds is 5. The molecule has 1 aliphatic carbocycles. The van der Waals surface area contributed by atoms with Gasteiger partial charge in [-0.05, 0) is 26.7 Å². The fourth-order valence-corrected chi connectivity index (χ4v) is 2.86. The average Bonchev–Trinajstić information content (AvgIpc) is 3.05. The van der Waals surface area contributed by atoms with Crippen molar-refractivity contribution < 1.29 is 4.79 Å². The lowest BCUT2D eigenvalue weighted by Gasteiger charge is -2.32. The molecule has 19 heavy (non-hydrogen) atoms. The topological polar surface area (TPSA) is 50.2 Å².